The smallest absolute Gasteiger partial charge is 0.0880 e. The van der Waals surface area contributed by atoms with Gasteiger partial charge in [-0.3, -0.25) is 0 Å². The maximum Gasteiger partial charge on any atom is 0.0880 e. The molecule has 0 spiro atoms. The SMILES string of the molecule is C=C[C@]1(O)C[C@H]1CO. The molecule has 1 rings (SSSR count). The summed E-state index contributed by atoms with van der Waals surface area (Å²) in [7, 11) is 0. The second-order valence-electron chi connectivity index (χ2n) is 2.28. The molecule has 46 valence electrons. The maximum atomic E-state index is 9.12. The molecule has 2 nitrogen and oxygen atoms in total. The van der Waals surface area contributed by atoms with Crippen LogP contribution in [0.2, 0.25) is 0 Å². The Morgan fingerprint density at radius 3 is 2.62 bits per heavy atom. The van der Waals surface area contributed by atoms with Crippen molar-refractivity contribution in [1.82, 2.24) is 0 Å². The molecule has 0 unspecified atom stereocenters. The summed E-state index contributed by atoms with van der Waals surface area (Å²) < 4.78 is 0. The van der Waals surface area contributed by atoms with Gasteiger partial charge in [0.2, 0.25) is 0 Å². The van der Waals surface area contributed by atoms with E-state index < -0.39 is 5.60 Å². The summed E-state index contributed by atoms with van der Waals surface area (Å²) in [5.74, 6) is 0.0556. The molecule has 2 N–H and O–H groups in total. The van der Waals surface area contributed by atoms with E-state index in [9.17, 15) is 0 Å². The second-order valence-corrected chi connectivity index (χ2v) is 2.28. The molecule has 0 aromatic heterocycles. The molecule has 1 aliphatic rings. The van der Waals surface area contributed by atoms with Crippen molar-refractivity contribution >= 4 is 0 Å². The zero-order chi connectivity index (χ0) is 6.20. The van der Waals surface area contributed by atoms with Gasteiger partial charge in [0.1, 0.15) is 0 Å². The van der Waals surface area contributed by atoms with E-state index in [1.165, 1.54) is 6.08 Å². The van der Waals surface area contributed by atoms with Crippen molar-refractivity contribution in [3.8, 4) is 0 Å². The predicted molar refractivity (Wildman–Crippen MR) is 30.3 cm³/mol. The third-order valence-corrected chi connectivity index (χ3v) is 1.69. The van der Waals surface area contributed by atoms with Crippen molar-refractivity contribution < 1.29 is 10.2 Å². The predicted octanol–water partition coefficient (Wildman–Crippen LogP) is -0.0843. The molecular formula is C6H10O2. The van der Waals surface area contributed by atoms with E-state index >= 15 is 0 Å². The van der Waals surface area contributed by atoms with Crippen molar-refractivity contribution in [2.24, 2.45) is 5.92 Å². The van der Waals surface area contributed by atoms with Crippen molar-refractivity contribution in [3.05, 3.63) is 12.7 Å². The van der Waals surface area contributed by atoms with E-state index in [1.807, 2.05) is 0 Å². The zero-order valence-electron chi connectivity index (χ0n) is 4.67. The van der Waals surface area contributed by atoms with Gasteiger partial charge in [-0.25, -0.2) is 0 Å². The summed E-state index contributed by atoms with van der Waals surface area (Å²) in [5, 5.41) is 17.6. The number of hydrogen-bond donors (Lipinski definition) is 2. The van der Waals surface area contributed by atoms with E-state index in [-0.39, 0.29) is 12.5 Å². The number of rotatable bonds is 2. The van der Waals surface area contributed by atoms with Crippen LogP contribution < -0.4 is 0 Å². The summed E-state index contributed by atoms with van der Waals surface area (Å²) in [6.07, 6.45) is 2.17. The third-order valence-electron chi connectivity index (χ3n) is 1.69. The Labute approximate surface area is 48.5 Å². The Bertz CT molecular complexity index is 111. The van der Waals surface area contributed by atoms with Gasteiger partial charge in [-0.05, 0) is 6.42 Å². The van der Waals surface area contributed by atoms with Crippen LogP contribution in [-0.2, 0) is 0 Å². The highest BCUT2D eigenvalue weighted by atomic mass is 16.3. The molecule has 1 saturated carbocycles. The second kappa shape index (κ2) is 1.57. The number of hydrogen-bond acceptors (Lipinski definition) is 2. The van der Waals surface area contributed by atoms with Crippen LogP contribution in [0.3, 0.4) is 0 Å². The first-order chi connectivity index (χ1) is 3.73. The van der Waals surface area contributed by atoms with Gasteiger partial charge in [0.15, 0.2) is 0 Å². The lowest BCUT2D eigenvalue weighted by Crippen LogP contribution is -2.07. The molecule has 1 fully saturated rings. The summed E-state index contributed by atoms with van der Waals surface area (Å²) in [6.45, 7) is 3.50. The van der Waals surface area contributed by atoms with Crippen molar-refractivity contribution in [2.45, 2.75) is 12.0 Å². The highest BCUT2D eigenvalue weighted by Crippen LogP contribution is 2.43. The monoisotopic (exact) mass is 114 g/mol. The van der Waals surface area contributed by atoms with Gasteiger partial charge >= 0.3 is 0 Å². The molecular weight excluding hydrogens is 104 g/mol. The average molecular weight is 114 g/mol. The van der Waals surface area contributed by atoms with E-state index in [4.69, 9.17) is 10.2 Å². The molecule has 2 atom stereocenters. The standard InChI is InChI=1S/C6H10O2/c1-2-6(8)3-5(6)4-7/h2,5,7-8H,1,3-4H2/t5-,6-/m0/s1. The fourth-order valence-corrected chi connectivity index (χ4v) is 0.808. The third kappa shape index (κ3) is 0.659. The largest absolute Gasteiger partial charge is 0.396 e. The minimum Gasteiger partial charge on any atom is -0.396 e. The lowest BCUT2D eigenvalue weighted by atomic mass is 10.3. The van der Waals surface area contributed by atoms with Crippen LogP contribution in [0.4, 0.5) is 0 Å². The van der Waals surface area contributed by atoms with Crippen LogP contribution in [0.5, 0.6) is 0 Å². The van der Waals surface area contributed by atoms with E-state index in [0.29, 0.717) is 6.42 Å². The zero-order valence-corrected chi connectivity index (χ0v) is 4.67. The molecule has 0 aliphatic heterocycles. The highest BCUT2D eigenvalue weighted by Gasteiger charge is 2.49. The number of aliphatic hydroxyl groups is 2. The van der Waals surface area contributed by atoms with Crippen LogP contribution in [0.15, 0.2) is 12.7 Å². The van der Waals surface area contributed by atoms with Gasteiger partial charge in [-0.15, -0.1) is 6.58 Å². The molecule has 0 saturated heterocycles. The Morgan fingerprint density at radius 1 is 1.88 bits per heavy atom. The van der Waals surface area contributed by atoms with E-state index in [0.717, 1.165) is 0 Å². The minimum absolute atomic E-state index is 0.0556. The molecule has 0 radical (unpaired) electrons. The van der Waals surface area contributed by atoms with Crippen LogP contribution in [0.1, 0.15) is 6.42 Å². The van der Waals surface area contributed by atoms with E-state index in [2.05, 4.69) is 6.58 Å². The molecule has 0 aromatic rings. The lowest BCUT2D eigenvalue weighted by molar-refractivity contribution is 0.155. The average Bonchev–Trinajstić information content (AvgIpc) is 2.44. The fraction of sp³-hybridized carbons (Fsp3) is 0.667. The summed E-state index contributed by atoms with van der Waals surface area (Å²) in [5.41, 5.74) is -0.727. The molecule has 8 heavy (non-hydrogen) atoms. The molecule has 0 heterocycles. The van der Waals surface area contributed by atoms with Crippen LogP contribution in [0, 0.1) is 5.92 Å². The van der Waals surface area contributed by atoms with Gasteiger partial charge in [0.25, 0.3) is 0 Å². The highest BCUT2D eigenvalue weighted by molar-refractivity contribution is 5.14. The summed E-state index contributed by atoms with van der Waals surface area (Å²) in [4.78, 5) is 0. The first-order valence-corrected chi connectivity index (χ1v) is 2.70. The first kappa shape index (κ1) is 5.79. The van der Waals surface area contributed by atoms with Crippen molar-refractivity contribution in [2.75, 3.05) is 6.61 Å². The molecule has 0 amide bonds. The van der Waals surface area contributed by atoms with Crippen LogP contribution in [0.25, 0.3) is 0 Å². The van der Waals surface area contributed by atoms with Gasteiger partial charge in [-0.1, -0.05) is 6.08 Å². The Morgan fingerprint density at radius 2 is 2.50 bits per heavy atom. The van der Waals surface area contributed by atoms with E-state index in [1.54, 1.807) is 0 Å². The quantitative estimate of drug-likeness (QED) is 0.493. The molecule has 1 aliphatic carbocycles. The Kier molecular flexibility index (Phi) is 1.14. The van der Waals surface area contributed by atoms with Crippen molar-refractivity contribution in [3.63, 3.8) is 0 Å². The van der Waals surface area contributed by atoms with Crippen LogP contribution in [-0.4, -0.2) is 22.4 Å². The first-order valence-electron chi connectivity index (χ1n) is 2.70. The fourth-order valence-electron chi connectivity index (χ4n) is 0.808. The van der Waals surface area contributed by atoms with Crippen molar-refractivity contribution in [1.29, 1.82) is 0 Å². The topological polar surface area (TPSA) is 40.5 Å². The maximum absolute atomic E-state index is 9.12. The van der Waals surface area contributed by atoms with Gasteiger partial charge in [-0.2, -0.15) is 0 Å². The van der Waals surface area contributed by atoms with Gasteiger partial charge in [0, 0.05) is 12.5 Å². The van der Waals surface area contributed by atoms with Gasteiger partial charge in [0.05, 0.1) is 5.60 Å². The molecule has 2 heteroatoms. The molecule has 0 aromatic carbocycles. The number of aliphatic hydroxyl groups excluding tert-OH is 1. The van der Waals surface area contributed by atoms with Crippen LogP contribution >= 0.6 is 0 Å². The molecule has 0 bridgehead atoms. The normalized spacial score (nSPS) is 44.0. The minimum atomic E-state index is -0.727. The summed E-state index contributed by atoms with van der Waals surface area (Å²) in [6, 6.07) is 0. The van der Waals surface area contributed by atoms with Gasteiger partial charge < -0.3 is 10.2 Å². The Balaban J connectivity index is 2.42. The lowest BCUT2D eigenvalue weighted by Gasteiger charge is -1.97. The summed E-state index contributed by atoms with van der Waals surface area (Å²) >= 11 is 0. The Hall–Kier alpha value is -0.340.